The summed E-state index contributed by atoms with van der Waals surface area (Å²) in [4.78, 5) is 11.7. The summed E-state index contributed by atoms with van der Waals surface area (Å²) in [5.74, 6) is 0.355. The number of carbonyl (C=O) groups excluding carboxylic acids is 1. The van der Waals surface area contributed by atoms with Crippen molar-refractivity contribution in [2.75, 3.05) is 0 Å². The van der Waals surface area contributed by atoms with Crippen LogP contribution in [-0.2, 0) is 9.53 Å². The minimum atomic E-state index is -0.174. The van der Waals surface area contributed by atoms with E-state index in [1.807, 2.05) is 27.7 Å². The van der Waals surface area contributed by atoms with Gasteiger partial charge in [-0.25, -0.2) is 0 Å². The van der Waals surface area contributed by atoms with Gasteiger partial charge in [-0.2, -0.15) is 0 Å². The van der Waals surface area contributed by atoms with E-state index >= 15 is 0 Å². The quantitative estimate of drug-likeness (QED) is 0.714. The van der Waals surface area contributed by atoms with Crippen molar-refractivity contribution >= 4 is 5.97 Å². The van der Waals surface area contributed by atoms with E-state index in [-0.39, 0.29) is 25.5 Å². The second-order valence-corrected chi connectivity index (χ2v) is 4.99. The van der Waals surface area contributed by atoms with E-state index in [0.717, 1.165) is 6.42 Å². The first kappa shape index (κ1) is 17.8. The van der Waals surface area contributed by atoms with Crippen LogP contribution in [0.15, 0.2) is 0 Å². The summed E-state index contributed by atoms with van der Waals surface area (Å²) in [5.41, 5.74) is 0. The topological polar surface area (TPSA) is 38.3 Å². The maximum atomic E-state index is 11.7. The maximum Gasteiger partial charge on any atom is 0.323 e. The van der Waals surface area contributed by atoms with Gasteiger partial charge in [0.2, 0.25) is 0 Å². The fourth-order valence-electron chi connectivity index (χ4n) is 1.42. The molecule has 0 unspecified atom stereocenters. The van der Waals surface area contributed by atoms with Crippen LogP contribution >= 0.6 is 0 Å². The van der Waals surface area contributed by atoms with E-state index in [4.69, 9.17) is 4.74 Å². The molecule has 0 aliphatic heterocycles. The Balaban J connectivity index is 0. The van der Waals surface area contributed by atoms with Gasteiger partial charge < -0.3 is 10.1 Å². The monoisotopic (exact) mass is 231 g/mol. The molecule has 0 spiro atoms. The molecular weight excluding hydrogens is 202 g/mol. The first-order valence-electron chi connectivity index (χ1n) is 5.79. The van der Waals surface area contributed by atoms with Crippen molar-refractivity contribution in [2.24, 2.45) is 5.92 Å². The number of ether oxygens (including phenoxy) is 1. The average molecular weight is 231 g/mol. The van der Waals surface area contributed by atoms with Crippen molar-refractivity contribution in [3.8, 4) is 0 Å². The molecule has 0 aliphatic rings. The van der Waals surface area contributed by atoms with Gasteiger partial charge in [0.05, 0.1) is 6.10 Å². The largest absolute Gasteiger partial charge is 0.462 e. The normalized spacial score (nSPS) is 12.8. The van der Waals surface area contributed by atoms with Crippen LogP contribution in [-0.4, -0.2) is 24.2 Å². The fraction of sp³-hybridized carbons (Fsp3) is 0.923. The average Bonchev–Trinajstić information content (AvgIpc) is 1.99. The zero-order valence-corrected chi connectivity index (χ0v) is 10.8. The van der Waals surface area contributed by atoms with Crippen molar-refractivity contribution in [1.82, 2.24) is 5.32 Å². The highest BCUT2D eigenvalue weighted by atomic mass is 16.5. The third-order valence-electron chi connectivity index (χ3n) is 1.88. The molecule has 0 saturated carbocycles. The SMILES string of the molecule is C.CC(C)C[C@H](NC(C)C)C(=O)OC(C)C. The van der Waals surface area contributed by atoms with Gasteiger partial charge in [0.1, 0.15) is 6.04 Å². The lowest BCUT2D eigenvalue weighted by Gasteiger charge is -2.22. The highest BCUT2D eigenvalue weighted by molar-refractivity contribution is 5.75. The van der Waals surface area contributed by atoms with Gasteiger partial charge in [-0.1, -0.05) is 35.1 Å². The third kappa shape index (κ3) is 8.72. The second kappa shape index (κ2) is 8.57. The van der Waals surface area contributed by atoms with E-state index in [0.29, 0.717) is 12.0 Å². The standard InChI is InChI=1S/C12H25NO2.CH4/c1-8(2)7-11(13-9(3)4)12(14)15-10(5)6;/h8-11,13H,7H2,1-6H3;1H4/t11-;/m0./s1. The van der Waals surface area contributed by atoms with E-state index in [9.17, 15) is 4.79 Å². The van der Waals surface area contributed by atoms with E-state index in [1.54, 1.807) is 0 Å². The van der Waals surface area contributed by atoms with Crippen LogP contribution in [0.3, 0.4) is 0 Å². The molecule has 0 amide bonds. The Hall–Kier alpha value is -0.570. The van der Waals surface area contributed by atoms with Gasteiger partial charge in [-0.3, -0.25) is 4.79 Å². The molecule has 1 atom stereocenters. The summed E-state index contributed by atoms with van der Waals surface area (Å²) < 4.78 is 5.21. The Kier molecular flexibility index (Phi) is 9.54. The zero-order chi connectivity index (χ0) is 12.0. The molecule has 0 radical (unpaired) electrons. The summed E-state index contributed by atoms with van der Waals surface area (Å²) in [5, 5.41) is 3.24. The van der Waals surface area contributed by atoms with Gasteiger partial charge in [-0.15, -0.1) is 0 Å². The van der Waals surface area contributed by atoms with Crippen molar-refractivity contribution < 1.29 is 9.53 Å². The lowest BCUT2D eigenvalue weighted by molar-refractivity contribution is -0.150. The molecule has 1 N–H and O–H groups in total. The third-order valence-corrected chi connectivity index (χ3v) is 1.88. The highest BCUT2D eigenvalue weighted by Crippen LogP contribution is 2.08. The Morgan fingerprint density at radius 3 is 1.94 bits per heavy atom. The summed E-state index contributed by atoms with van der Waals surface area (Å²) in [7, 11) is 0. The molecule has 3 heteroatoms. The predicted octanol–water partition coefficient (Wildman–Crippen LogP) is 2.99. The number of rotatable bonds is 6. The van der Waals surface area contributed by atoms with Gasteiger partial charge in [0, 0.05) is 6.04 Å². The van der Waals surface area contributed by atoms with Crippen LogP contribution in [0.1, 0.15) is 55.4 Å². The second-order valence-electron chi connectivity index (χ2n) is 4.99. The first-order valence-corrected chi connectivity index (χ1v) is 5.79. The Morgan fingerprint density at radius 2 is 1.62 bits per heavy atom. The smallest absolute Gasteiger partial charge is 0.323 e. The van der Waals surface area contributed by atoms with Crippen LogP contribution in [0.25, 0.3) is 0 Å². The Bertz CT molecular complexity index is 178. The molecule has 0 aromatic heterocycles. The van der Waals surface area contributed by atoms with E-state index in [1.165, 1.54) is 0 Å². The maximum absolute atomic E-state index is 11.7. The predicted molar refractivity (Wildman–Crippen MR) is 69.5 cm³/mol. The molecule has 0 aromatic rings. The van der Waals surface area contributed by atoms with Gasteiger partial charge in [-0.05, 0) is 26.2 Å². The number of nitrogens with one attached hydrogen (secondary N) is 1. The summed E-state index contributed by atoms with van der Waals surface area (Å²) >= 11 is 0. The Morgan fingerprint density at radius 1 is 1.12 bits per heavy atom. The van der Waals surface area contributed by atoms with Crippen LogP contribution < -0.4 is 5.32 Å². The summed E-state index contributed by atoms with van der Waals surface area (Å²) in [6.45, 7) is 12.0. The van der Waals surface area contributed by atoms with Gasteiger partial charge >= 0.3 is 5.97 Å². The molecule has 0 fully saturated rings. The minimum absolute atomic E-state index is 0. The molecule has 0 saturated heterocycles. The molecule has 98 valence electrons. The lowest BCUT2D eigenvalue weighted by Crippen LogP contribution is -2.43. The van der Waals surface area contributed by atoms with Crippen LogP contribution in [0.4, 0.5) is 0 Å². The summed E-state index contributed by atoms with van der Waals surface area (Å²) in [6, 6.07) is 0.126. The van der Waals surface area contributed by atoms with Crippen LogP contribution in [0, 0.1) is 5.92 Å². The molecular formula is C13H29NO2. The molecule has 0 aromatic carbocycles. The zero-order valence-electron chi connectivity index (χ0n) is 10.8. The van der Waals surface area contributed by atoms with Crippen LogP contribution in [0.5, 0.6) is 0 Å². The number of carbonyl (C=O) groups is 1. The molecule has 0 rings (SSSR count). The molecule has 3 nitrogen and oxygen atoms in total. The van der Waals surface area contributed by atoms with Crippen molar-refractivity contribution in [1.29, 1.82) is 0 Å². The molecule has 0 aliphatic carbocycles. The molecule has 16 heavy (non-hydrogen) atoms. The highest BCUT2D eigenvalue weighted by Gasteiger charge is 2.22. The minimum Gasteiger partial charge on any atom is -0.462 e. The van der Waals surface area contributed by atoms with Gasteiger partial charge in [0.25, 0.3) is 0 Å². The number of hydrogen-bond acceptors (Lipinski definition) is 3. The molecule has 0 bridgehead atoms. The Labute approximate surface area is 101 Å². The lowest BCUT2D eigenvalue weighted by atomic mass is 10.0. The van der Waals surface area contributed by atoms with Crippen molar-refractivity contribution in [2.45, 2.75) is 73.6 Å². The van der Waals surface area contributed by atoms with Crippen molar-refractivity contribution in [3.05, 3.63) is 0 Å². The number of hydrogen-bond donors (Lipinski definition) is 1. The fourth-order valence-corrected chi connectivity index (χ4v) is 1.42. The number of esters is 1. The molecule has 0 heterocycles. The van der Waals surface area contributed by atoms with Crippen molar-refractivity contribution in [3.63, 3.8) is 0 Å². The van der Waals surface area contributed by atoms with Gasteiger partial charge in [0.15, 0.2) is 0 Å². The summed E-state index contributed by atoms with van der Waals surface area (Å²) in [6.07, 6.45) is 0.783. The van der Waals surface area contributed by atoms with E-state index < -0.39 is 0 Å². The van der Waals surface area contributed by atoms with Crippen LogP contribution in [0.2, 0.25) is 0 Å². The van der Waals surface area contributed by atoms with E-state index in [2.05, 4.69) is 19.2 Å². The first-order chi connectivity index (χ1) is 6.82.